The van der Waals surface area contributed by atoms with Crippen LogP contribution in [0.1, 0.15) is 37.5 Å². The first-order valence-electron chi connectivity index (χ1n) is 8.80. The first-order valence-corrected chi connectivity index (χ1v) is 9.85. The minimum absolute atomic E-state index is 0.223. The van der Waals surface area contributed by atoms with E-state index >= 15 is 0 Å². The van der Waals surface area contributed by atoms with Crippen molar-refractivity contribution in [1.29, 1.82) is 0 Å². The van der Waals surface area contributed by atoms with Crippen molar-refractivity contribution in [3.63, 3.8) is 0 Å². The van der Waals surface area contributed by atoms with Crippen molar-refractivity contribution in [3.8, 4) is 11.5 Å². The van der Waals surface area contributed by atoms with E-state index in [-0.39, 0.29) is 18.0 Å². The maximum atomic E-state index is 13.9. The van der Waals surface area contributed by atoms with E-state index in [1.54, 1.807) is 6.92 Å². The largest absolute Gasteiger partial charge is 0.489 e. The summed E-state index contributed by atoms with van der Waals surface area (Å²) in [6.45, 7) is 5.86. The molecule has 1 aliphatic heterocycles. The third-order valence-corrected chi connectivity index (χ3v) is 5.57. The molecule has 0 aromatic heterocycles. The van der Waals surface area contributed by atoms with Gasteiger partial charge >= 0.3 is 5.97 Å². The summed E-state index contributed by atoms with van der Waals surface area (Å²) >= 11 is 1.37. The van der Waals surface area contributed by atoms with Crippen molar-refractivity contribution >= 4 is 17.7 Å². The van der Waals surface area contributed by atoms with E-state index in [2.05, 4.69) is 0 Å². The molecule has 144 valence electrons. The molecule has 1 N–H and O–H groups in total. The lowest BCUT2D eigenvalue weighted by Gasteiger charge is -2.18. The molecule has 0 saturated carbocycles. The fraction of sp³-hybridized carbons (Fsp3) is 0.381. The Morgan fingerprint density at radius 2 is 2.04 bits per heavy atom. The topological polar surface area (TPSA) is 55.8 Å². The molecule has 1 heterocycles. The number of fused-ring (bicyclic) bond motifs is 1. The molecule has 27 heavy (non-hydrogen) atoms. The minimum Gasteiger partial charge on any atom is -0.489 e. The summed E-state index contributed by atoms with van der Waals surface area (Å²) in [6.07, 6.45) is 0.675. The monoisotopic (exact) mass is 390 g/mol. The van der Waals surface area contributed by atoms with Crippen LogP contribution in [-0.2, 0) is 23.6 Å². The lowest BCUT2D eigenvalue weighted by molar-refractivity contribution is -0.136. The van der Waals surface area contributed by atoms with Gasteiger partial charge in [0.15, 0.2) is 0 Å². The van der Waals surface area contributed by atoms with Gasteiger partial charge in [0.2, 0.25) is 0 Å². The summed E-state index contributed by atoms with van der Waals surface area (Å²) < 4.78 is 25.7. The van der Waals surface area contributed by atoms with Gasteiger partial charge in [-0.3, -0.25) is 4.79 Å². The summed E-state index contributed by atoms with van der Waals surface area (Å²) in [6, 6.07) is 10.5. The Bertz CT molecular complexity index is 833. The van der Waals surface area contributed by atoms with Crippen LogP contribution in [0, 0.1) is 5.82 Å². The third-order valence-electron chi connectivity index (χ3n) is 4.37. The van der Waals surface area contributed by atoms with Gasteiger partial charge in [0.25, 0.3) is 0 Å². The van der Waals surface area contributed by atoms with Gasteiger partial charge in [0.05, 0.1) is 5.25 Å². The maximum Gasteiger partial charge on any atom is 0.316 e. The fourth-order valence-corrected chi connectivity index (χ4v) is 3.77. The average Bonchev–Trinajstić information content (AvgIpc) is 2.92. The molecule has 4 nitrogen and oxygen atoms in total. The van der Waals surface area contributed by atoms with E-state index < -0.39 is 11.2 Å². The minimum atomic E-state index is -0.812. The molecule has 3 rings (SSSR count). The average molecular weight is 390 g/mol. The normalized spacial score (nSPS) is 15.7. The second-order valence-corrected chi connectivity index (χ2v) is 8.64. The van der Waals surface area contributed by atoms with E-state index in [4.69, 9.17) is 14.6 Å². The van der Waals surface area contributed by atoms with Crippen LogP contribution in [0.3, 0.4) is 0 Å². The molecule has 0 amide bonds. The van der Waals surface area contributed by atoms with Crippen LogP contribution in [0.5, 0.6) is 11.5 Å². The summed E-state index contributed by atoms with van der Waals surface area (Å²) in [5.74, 6) is 0.914. The zero-order valence-corrected chi connectivity index (χ0v) is 16.4. The molecule has 1 aliphatic rings. The smallest absolute Gasteiger partial charge is 0.316 e. The lowest BCUT2D eigenvalue weighted by Crippen LogP contribution is -2.25. The maximum absolute atomic E-state index is 13.9. The number of carbonyl (C=O) groups is 1. The van der Waals surface area contributed by atoms with Gasteiger partial charge in [-0.1, -0.05) is 12.1 Å². The molecule has 0 bridgehead atoms. The summed E-state index contributed by atoms with van der Waals surface area (Å²) in [4.78, 5) is 10.9. The van der Waals surface area contributed by atoms with Gasteiger partial charge in [0, 0.05) is 23.3 Å². The van der Waals surface area contributed by atoms with Crippen molar-refractivity contribution in [2.24, 2.45) is 0 Å². The molecule has 0 saturated heterocycles. The van der Waals surface area contributed by atoms with Crippen LogP contribution in [-0.4, -0.2) is 21.9 Å². The Morgan fingerprint density at radius 1 is 1.33 bits per heavy atom. The highest BCUT2D eigenvalue weighted by Crippen LogP contribution is 2.38. The van der Waals surface area contributed by atoms with Gasteiger partial charge in [-0.2, -0.15) is 0 Å². The second-order valence-electron chi connectivity index (χ2n) is 7.32. The molecule has 0 radical (unpaired) electrons. The van der Waals surface area contributed by atoms with Crippen molar-refractivity contribution in [3.05, 3.63) is 58.9 Å². The van der Waals surface area contributed by atoms with Crippen LogP contribution in [0.4, 0.5) is 4.39 Å². The van der Waals surface area contributed by atoms with E-state index in [0.717, 1.165) is 16.9 Å². The van der Waals surface area contributed by atoms with Crippen molar-refractivity contribution in [2.45, 2.75) is 50.4 Å². The van der Waals surface area contributed by atoms with Crippen LogP contribution in [0.15, 0.2) is 36.4 Å². The molecule has 0 aliphatic carbocycles. The number of ether oxygens (including phenoxy) is 2. The quantitative estimate of drug-likeness (QED) is 0.734. The highest BCUT2D eigenvalue weighted by molar-refractivity contribution is 7.99. The Morgan fingerprint density at radius 3 is 2.70 bits per heavy atom. The zero-order chi connectivity index (χ0) is 19.6. The zero-order valence-electron chi connectivity index (χ0n) is 15.6. The number of rotatable bonds is 7. The van der Waals surface area contributed by atoms with Crippen LogP contribution in [0.2, 0.25) is 0 Å². The van der Waals surface area contributed by atoms with E-state index in [9.17, 15) is 9.18 Å². The number of hydrogen-bond acceptors (Lipinski definition) is 4. The number of thioether (sulfide) groups is 1. The van der Waals surface area contributed by atoms with Crippen LogP contribution in [0.25, 0.3) is 0 Å². The van der Waals surface area contributed by atoms with Gasteiger partial charge in [0.1, 0.15) is 29.5 Å². The molecule has 0 unspecified atom stereocenters. The summed E-state index contributed by atoms with van der Waals surface area (Å²) in [7, 11) is 0. The number of aliphatic carboxylic acids is 1. The highest BCUT2D eigenvalue weighted by Gasteiger charge is 2.32. The fourth-order valence-electron chi connectivity index (χ4n) is 2.99. The van der Waals surface area contributed by atoms with Gasteiger partial charge < -0.3 is 14.6 Å². The van der Waals surface area contributed by atoms with Crippen molar-refractivity contribution < 1.29 is 23.8 Å². The SMILES string of the molecule is C[C@@H](SCc1ccc(OCc2cc(F)cc3c2OC(C)(C)C3)cc1)C(=O)O. The first kappa shape index (κ1) is 19.5. The van der Waals surface area contributed by atoms with Crippen LogP contribution >= 0.6 is 11.8 Å². The molecular weight excluding hydrogens is 367 g/mol. The van der Waals surface area contributed by atoms with Crippen molar-refractivity contribution in [1.82, 2.24) is 0 Å². The number of hydrogen-bond donors (Lipinski definition) is 1. The lowest BCUT2D eigenvalue weighted by atomic mass is 10.0. The van der Waals surface area contributed by atoms with E-state index in [0.29, 0.717) is 23.5 Å². The molecule has 2 aromatic rings. The number of carboxylic acid groups (broad SMARTS) is 1. The number of halogens is 1. The van der Waals surface area contributed by atoms with E-state index in [1.165, 1.54) is 23.9 Å². The Labute approximate surface area is 162 Å². The summed E-state index contributed by atoms with van der Waals surface area (Å²) in [5, 5.41) is 8.48. The van der Waals surface area contributed by atoms with Gasteiger partial charge in [-0.05, 0) is 50.6 Å². The molecule has 1 atom stereocenters. The summed E-state index contributed by atoms with van der Waals surface area (Å²) in [5.41, 5.74) is 2.26. The van der Waals surface area contributed by atoms with Crippen LogP contribution < -0.4 is 9.47 Å². The van der Waals surface area contributed by atoms with Gasteiger partial charge in [-0.25, -0.2) is 4.39 Å². The second kappa shape index (κ2) is 7.80. The molecule has 0 spiro atoms. The predicted octanol–water partition coefficient (Wildman–Crippen LogP) is 4.82. The molecule has 2 aromatic carbocycles. The Balaban J connectivity index is 1.62. The Hall–Kier alpha value is -2.21. The van der Waals surface area contributed by atoms with Gasteiger partial charge in [-0.15, -0.1) is 11.8 Å². The number of benzene rings is 2. The van der Waals surface area contributed by atoms with Crippen molar-refractivity contribution in [2.75, 3.05) is 0 Å². The predicted molar refractivity (Wildman–Crippen MR) is 104 cm³/mol. The number of carboxylic acids is 1. The molecular formula is C21H23FO4S. The molecule has 6 heteroatoms. The Kier molecular flexibility index (Phi) is 5.65. The third kappa shape index (κ3) is 4.95. The first-order chi connectivity index (χ1) is 12.7. The van der Waals surface area contributed by atoms with E-state index in [1.807, 2.05) is 38.1 Å². The molecule has 0 fully saturated rings. The standard InChI is InChI=1S/C21H23FO4S/c1-13(20(23)24)27-12-14-4-6-18(7-5-14)25-11-16-9-17(22)8-15-10-21(2,3)26-19(15)16/h4-9,13H,10-12H2,1-3H3,(H,23,24)/t13-/m1/s1. The highest BCUT2D eigenvalue weighted by atomic mass is 32.2.